The first kappa shape index (κ1) is 14.3. The molecule has 1 saturated carbocycles. The molecule has 1 aliphatic rings. The lowest BCUT2D eigenvalue weighted by molar-refractivity contribution is 0.681. The van der Waals surface area contributed by atoms with Gasteiger partial charge in [0.2, 0.25) is 5.95 Å². The molecule has 1 atom stereocenters. The van der Waals surface area contributed by atoms with E-state index >= 15 is 0 Å². The summed E-state index contributed by atoms with van der Waals surface area (Å²) in [5.41, 5.74) is 3.83. The second-order valence-corrected chi connectivity index (χ2v) is 6.69. The van der Waals surface area contributed by atoms with Gasteiger partial charge in [-0.2, -0.15) is 0 Å². The normalized spacial score (nSPS) is 15.6. The Bertz CT molecular complexity index is 1070. The molecule has 5 rings (SSSR count). The van der Waals surface area contributed by atoms with Crippen LogP contribution in [0, 0.1) is 5.92 Å². The fourth-order valence-corrected chi connectivity index (χ4v) is 3.24. The number of pyridine rings is 2. The average molecular weight is 330 g/mol. The quantitative estimate of drug-likeness (QED) is 0.620. The zero-order chi connectivity index (χ0) is 16.8. The van der Waals surface area contributed by atoms with Crippen LogP contribution in [0.15, 0.2) is 49.1 Å². The molecular weight excluding hydrogens is 312 g/mol. The molecule has 0 aliphatic heterocycles. The van der Waals surface area contributed by atoms with Crippen molar-refractivity contribution in [3.63, 3.8) is 0 Å². The lowest BCUT2D eigenvalue weighted by Crippen LogP contribution is -2.19. The van der Waals surface area contributed by atoms with Gasteiger partial charge in [0.05, 0.1) is 11.7 Å². The van der Waals surface area contributed by atoms with Crippen molar-refractivity contribution < 1.29 is 0 Å². The van der Waals surface area contributed by atoms with E-state index < -0.39 is 0 Å². The molecule has 0 spiro atoms. The molecule has 6 nitrogen and oxygen atoms in total. The molecule has 4 aromatic rings. The molecule has 0 bridgehead atoms. The van der Waals surface area contributed by atoms with Gasteiger partial charge in [-0.15, -0.1) is 5.10 Å². The minimum absolute atomic E-state index is 0.421. The lowest BCUT2D eigenvalue weighted by Gasteiger charge is -2.12. The average Bonchev–Trinajstić information content (AvgIpc) is 3.41. The Balaban J connectivity index is 1.52. The summed E-state index contributed by atoms with van der Waals surface area (Å²) < 4.78 is 1.87. The summed E-state index contributed by atoms with van der Waals surface area (Å²) in [6.45, 7) is 2.20. The van der Waals surface area contributed by atoms with Gasteiger partial charge >= 0.3 is 0 Å². The van der Waals surface area contributed by atoms with Crippen LogP contribution in [0.25, 0.3) is 27.7 Å². The van der Waals surface area contributed by atoms with E-state index in [1.54, 1.807) is 6.20 Å². The molecule has 4 aromatic heterocycles. The molecule has 1 fully saturated rings. The van der Waals surface area contributed by atoms with Crippen LogP contribution < -0.4 is 5.32 Å². The van der Waals surface area contributed by atoms with Crippen LogP contribution >= 0.6 is 0 Å². The first-order valence-corrected chi connectivity index (χ1v) is 8.60. The van der Waals surface area contributed by atoms with E-state index in [1.165, 1.54) is 12.8 Å². The number of aromatic nitrogens is 5. The predicted molar refractivity (Wildman–Crippen MR) is 97.3 cm³/mol. The third-order valence-electron chi connectivity index (χ3n) is 4.87. The molecule has 0 radical (unpaired) electrons. The highest BCUT2D eigenvalue weighted by Gasteiger charge is 2.28. The summed E-state index contributed by atoms with van der Waals surface area (Å²) >= 11 is 0. The minimum atomic E-state index is 0.421. The monoisotopic (exact) mass is 330 g/mol. The molecule has 4 heterocycles. The number of hydrogen-bond acceptors (Lipinski definition) is 5. The Morgan fingerprint density at radius 1 is 1.16 bits per heavy atom. The van der Waals surface area contributed by atoms with Crippen LogP contribution in [0.1, 0.15) is 19.8 Å². The topological polar surface area (TPSA) is 68.0 Å². The first-order chi connectivity index (χ1) is 12.3. The Morgan fingerprint density at radius 3 is 2.96 bits per heavy atom. The van der Waals surface area contributed by atoms with Crippen LogP contribution in [0.3, 0.4) is 0 Å². The minimum Gasteiger partial charge on any atom is -0.350 e. The Kier molecular flexibility index (Phi) is 3.16. The number of nitrogens with one attached hydrogen (secondary N) is 1. The maximum Gasteiger partial charge on any atom is 0.241 e. The zero-order valence-corrected chi connectivity index (χ0v) is 13.9. The van der Waals surface area contributed by atoms with E-state index in [0.29, 0.717) is 12.0 Å². The number of nitrogens with zero attached hydrogens (tertiary/aromatic N) is 5. The Labute approximate surface area is 145 Å². The van der Waals surface area contributed by atoms with E-state index in [4.69, 9.17) is 0 Å². The second kappa shape index (κ2) is 5.51. The fourth-order valence-electron chi connectivity index (χ4n) is 3.24. The molecule has 1 N–H and O–H groups in total. The molecule has 124 valence electrons. The summed E-state index contributed by atoms with van der Waals surface area (Å²) in [6.07, 6.45) is 10.0. The van der Waals surface area contributed by atoms with Gasteiger partial charge in [-0.1, -0.05) is 0 Å². The van der Waals surface area contributed by atoms with Gasteiger partial charge in [-0.25, -0.2) is 19.5 Å². The summed E-state index contributed by atoms with van der Waals surface area (Å²) in [4.78, 5) is 13.2. The maximum atomic E-state index is 4.60. The summed E-state index contributed by atoms with van der Waals surface area (Å²) in [6, 6.07) is 8.52. The lowest BCUT2D eigenvalue weighted by atomic mass is 10.1. The molecule has 0 amide bonds. The fraction of sp³-hybridized carbons (Fsp3) is 0.263. The molecular formula is C19H18N6. The van der Waals surface area contributed by atoms with Gasteiger partial charge in [-0.3, -0.25) is 0 Å². The molecule has 25 heavy (non-hydrogen) atoms. The highest BCUT2D eigenvalue weighted by molar-refractivity contribution is 5.86. The van der Waals surface area contributed by atoms with Crippen molar-refractivity contribution in [1.29, 1.82) is 0 Å². The summed E-state index contributed by atoms with van der Waals surface area (Å²) in [5.74, 6) is 1.44. The number of anilines is 1. The molecule has 6 heteroatoms. The van der Waals surface area contributed by atoms with Gasteiger partial charge in [0.15, 0.2) is 5.65 Å². The summed E-state index contributed by atoms with van der Waals surface area (Å²) in [5, 5.41) is 9.03. The third kappa shape index (κ3) is 2.59. The highest BCUT2D eigenvalue weighted by Crippen LogP contribution is 2.33. The largest absolute Gasteiger partial charge is 0.350 e. The van der Waals surface area contributed by atoms with Crippen molar-refractivity contribution in [3.8, 4) is 11.1 Å². The third-order valence-corrected chi connectivity index (χ3v) is 4.87. The molecule has 0 unspecified atom stereocenters. The van der Waals surface area contributed by atoms with E-state index in [9.17, 15) is 0 Å². The van der Waals surface area contributed by atoms with Gasteiger partial charge in [0, 0.05) is 41.1 Å². The SMILES string of the molecule is C[C@H](Nc1ncc2c(-c3cnc4ncccc4c3)ccn2n1)C1CC1. The number of hydrogen-bond donors (Lipinski definition) is 1. The van der Waals surface area contributed by atoms with Crippen molar-refractivity contribution in [3.05, 3.63) is 49.1 Å². The van der Waals surface area contributed by atoms with Gasteiger partial charge in [-0.05, 0) is 49.9 Å². The second-order valence-electron chi connectivity index (χ2n) is 6.69. The van der Waals surface area contributed by atoms with Gasteiger partial charge in [0.25, 0.3) is 0 Å². The maximum absolute atomic E-state index is 4.60. The van der Waals surface area contributed by atoms with Gasteiger partial charge in [0.1, 0.15) is 0 Å². The standard InChI is InChI=1S/C19H18N6/c1-12(13-4-5-13)23-19-22-11-17-16(6-8-25(17)24-19)15-9-14-3-2-7-20-18(14)21-10-15/h2-3,6-13H,4-5H2,1H3,(H,23,24)/t12-/m0/s1. The first-order valence-electron chi connectivity index (χ1n) is 8.60. The predicted octanol–water partition coefficient (Wildman–Crippen LogP) is 3.55. The van der Waals surface area contributed by atoms with Crippen LogP contribution in [-0.4, -0.2) is 30.6 Å². The Morgan fingerprint density at radius 2 is 2.08 bits per heavy atom. The van der Waals surface area contributed by atoms with Crippen LogP contribution in [-0.2, 0) is 0 Å². The van der Waals surface area contributed by atoms with E-state index in [2.05, 4.69) is 44.4 Å². The summed E-state index contributed by atoms with van der Waals surface area (Å²) in [7, 11) is 0. The molecule has 0 aromatic carbocycles. The van der Waals surface area contributed by atoms with Gasteiger partial charge < -0.3 is 5.32 Å². The molecule has 1 aliphatic carbocycles. The Hall–Kier alpha value is -3.02. The van der Waals surface area contributed by atoms with Crippen molar-refractivity contribution in [1.82, 2.24) is 24.6 Å². The van der Waals surface area contributed by atoms with E-state index in [1.807, 2.05) is 35.2 Å². The molecule has 0 saturated heterocycles. The van der Waals surface area contributed by atoms with Crippen LogP contribution in [0.5, 0.6) is 0 Å². The van der Waals surface area contributed by atoms with E-state index in [-0.39, 0.29) is 0 Å². The zero-order valence-electron chi connectivity index (χ0n) is 13.9. The van der Waals surface area contributed by atoms with Crippen LogP contribution in [0.4, 0.5) is 5.95 Å². The van der Waals surface area contributed by atoms with Crippen molar-refractivity contribution >= 4 is 22.5 Å². The van der Waals surface area contributed by atoms with Crippen molar-refractivity contribution in [2.75, 3.05) is 5.32 Å². The van der Waals surface area contributed by atoms with Crippen LogP contribution in [0.2, 0.25) is 0 Å². The highest BCUT2D eigenvalue weighted by atomic mass is 15.3. The van der Waals surface area contributed by atoms with Crippen molar-refractivity contribution in [2.45, 2.75) is 25.8 Å². The smallest absolute Gasteiger partial charge is 0.241 e. The van der Waals surface area contributed by atoms with E-state index in [0.717, 1.165) is 33.6 Å². The van der Waals surface area contributed by atoms with Crippen molar-refractivity contribution in [2.24, 2.45) is 5.92 Å². The number of rotatable bonds is 4. The number of fused-ring (bicyclic) bond motifs is 2.